The second kappa shape index (κ2) is 7.15. The van der Waals surface area contributed by atoms with Crippen molar-refractivity contribution in [1.82, 2.24) is 10.2 Å². The van der Waals surface area contributed by atoms with Crippen molar-refractivity contribution >= 4 is 34.0 Å². The molecule has 1 aromatic heterocycles. The number of anilines is 2. The number of carbonyl (C=O) groups excluding carboxylic acids is 2. The number of carbonyl (C=O) groups is 2. The fraction of sp³-hybridized carbons (Fsp3) is 0.474. The molecule has 3 rings (SSSR count). The van der Waals surface area contributed by atoms with Crippen LogP contribution in [0.3, 0.4) is 0 Å². The predicted octanol–water partition coefficient (Wildman–Crippen LogP) is 3.43. The molecule has 0 unspecified atom stereocenters. The van der Waals surface area contributed by atoms with Gasteiger partial charge in [0.05, 0.1) is 5.92 Å². The average molecular weight is 372 g/mol. The molecule has 1 fully saturated rings. The van der Waals surface area contributed by atoms with Crippen molar-refractivity contribution in [3.63, 3.8) is 0 Å². The van der Waals surface area contributed by atoms with Gasteiger partial charge in [0.25, 0.3) is 0 Å². The van der Waals surface area contributed by atoms with Gasteiger partial charge in [-0.1, -0.05) is 50.3 Å². The highest BCUT2D eigenvalue weighted by molar-refractivity contribution is 7.15. The Kier molecular flexibility index (Phi) is 5.09. The third-order valence-corrected chi connectivity index (χ3v) is 5.12. The van der Waals surface area contributed by atoms with E-state index in [1.807, 2.05) is 31.2 Å². The number of benzene rings is 1. The summed E-state index contributed by atoms with van der Waals surface area (Å²) in [5, 5.41) is 12.4. The zero-order chi connectivity index (χ0) is 18.9. The molecule has 1 aromatic carbocycles. The Balaban J connectivity index is 1.64. The van der Waals surface area contributed by atoms with Crippen LogP contribution in [0.25, 0.3) is 0 Å². The highest BCUT2D eigenvalue weighted by atomic mass is 32.1. The van der Waals surface area contributed by atoms with Gasteiger partial charge in [-0.05, 0) is 24.0 Å². The first kappa shape index (κ1) is 18.5. The lowest BCUT2D eigenvalue weighted by atomic mass is 9.93. The molecule has 1 saturated heterocycles. The van der Waals surface area contributed by atoms with E-state index in [2.05, 4.69) is 36.3 Å². The molecule has 1 aliphatic heterocycles. The van der Waals surface area contributed by atoms with Crippen LogP contribution in [0.4, 0.5) is 10.8 Å². The van der Waals surface area contributed by atoms with Crippen molar-refractivity contribution in [2.45, 2.75) is 40.5 Å². The van der Waals surface area contributed by atoms with Crippen molar-refractivity contribution in [3.05, 3.63) is 34.8 Å². The molecule has 7 heteroatoms. The minimum Gasteiger partial charge on any atom is -0.311 e. The van der Waals surface area contributed by atoms with E-state index in [1.54, 1.807) is 4.90 Å². The summed E-state index contributed by atoms with van der Waals surface area (Å²) in [7, 11) is 0. The minimum atomic E-state index is -0.378. The monoisotopic (exact) mass is 372 g/mol. The van der Waals surface area contributed by atoms with Crippen LogP contribution in [-0.2, 0) is 16.0 Å². The van der Waals surface area contributed by atoms with E-state index in [0.717, 1.165) is 22.7 Å². The smallest absolute Gasteiger partial charge is 0.231 e. The Labute approximate surface area is 157 Å². The summed E-state index contributed by atoms with van der Waals surface area (Å²) in [6.07, 6.45) is 1.03. The van der Waals surface area contributed by atoms with Crippen LogP contribution >= 0.6 is 11.3 Å². The minimum absolute atomic E-state index is 0.0230. The molecule has 0 spiro atoms. The third-order valence-electron chi connectivity index (χ3n) is 4.28. The molecule has 2 heterocycles. The molecule has 2 aromatic rings. The van der Waals surface area contributed by atoms with Gasteiger partial charge in [-0.25, -0.2) is 0 Å². The summed E-state index contributed by atoms with van der Waals surface area (Å²) in [6, 6.07) is 7.72. The second-order valence-electron chi connectivity index (χ2n) is 7.92. The molecular weight excluding hydrogens is 348 g/mol. The molecule has 0 saturated carbocycles. The Morgan fingerprint density at radius 2 is 2.04 bits per heavy atom. The fourth-order valence-electron chi connectivity index (χ4n) is 3.02. The summed E-state index contributed by atoms with van der Waals surface area (Å²) in [5.41, 5.74) is 2.02. The van der Waals surface area contributed by atoms with Crippen LogP contribution in [0.5, 0.6) is 0 Å². The second-order valence-corrected chi connectivity index (χ2v) is 8.98. The average Bonchev–Trinajstić information content (AvgIpc) is 3.13. The zero-order valence-electron chi connectivity index (χ0n) is 15.6. The standard InChI is InChI=1S/C19H24N4O2S/c1-12-7-5-6-8-14(12)23-11-13(9-16(23)24)17(25)20-18-22-21-15(26-18)10-19(2,3)4/h5-8,13H,9-11H2,1-4H3,(H,20,22,25)/t13-/m1/s1. The Bertz CT molecular complexity index is 825. The topological polar surface area (TPSA) is 75.2 Å². The molecule has 0 bridgehead atoms. The van der Waals surface area contributed by atoms with Gasteiger partial charge in [0.15, 0.2) is 0 Å². The van der Waals surface area contributed by atoms with Crippen molar-refractivity contribution < 1.29 is 9.59 Å². The van der Waals surface area contributed by atoms with Crippen molar-refractivity contribution in [2.24, 2.45) is 11.3 Å². The van der Waals surface area contributed by atoms with Crippen molar-refractivity contribution in [2.75, 3.05) is 16.8 Å². The number of hydrogen-bond donors (Lipinski definition) is 1. The van der Waals surface area contributed by atoms with Crippen LogP contribution in [-0.4, -0.2) is 28.6 Å². The maximum absolute atomic E-state index is 12.6. The molecule has 1 atom stereocenters. The van der Waals surface area contributed by atoms with E-state index in [1.165, 1.54) is 11.3 Å². The lowest BCUT2D eigenvalue weighted by Crippen LogP contribution is -2.28. The van der Waals surface area contributed by atoms with E-state index in [4.69, 9.17) is 0 Å². The summed E-state index contributed by atoms with van der Waals surface area (Å²) < 4.78 is 0. The normalized spacial score (nSPS) is 17.6. The van der Waals surface area contributed by atoms with Crippen LogP contribution in [0, 0.1) is 18.3 Å². The summed E-state index contributed by atoms with van der Waals surface area (Å²) in [5.74, 6) is -0.574. The van der Waals surface area contributed by atoms with Crippen molar-refractivity contribution in [1.29, 1.82) is 0 Å². The lowest BCUT2D eigenvalue weighted by Gasteiger charge is -2.18. The highest BCUT2D eigenvalue weighted by Gasteiger charge is 2.36. The van der Waals surface area contributed by atoms with Crippen LogP contribution in [0.15, 0.2) is 24.3 Å². The quantitative estimate of drug-likeness (QED) is 0.892. The van der Waals surface area contributed by atoms with Gasteiger partial charge in [0.1, 0.15) is 5.01 Å². The number of para-hydroxylation sites is 1. The van der Waals surface area contributed by atoms with E-state index >= 15 is 0 Å². The number of nitrogens with zero attached hydrogens (tertiary/aromatic N) is 3. The molecule has 138 valence electrons. The first-order valence-electron chi connectivity index (χ1n) is 8.72. The number of amides is 2. The van der Waals surface area contributed by atoms with Gasteiger partial charge in [-0.3, -0.25) is 9.59 Å². The third kappa shape index (κ3) is 4.27. The van der Waals surface area contributed by atoms with Gasteiger partial charge >= 0.3 is 0 Å². The number of aryl methyl sites for hydroxylation is 1. The number of hydrogen-bond acceptors (Lipinski definition) is 5. The van der Waals surface area contributed by atoms with Crippen LogP contribution in [0.1, 0.15) is 37.8 Å². The van der Waals surface area contributed by atoms with Gasteiger partial charge in [-0.2, -0.15) is 0 Å². The molecule has 0 radical (unpaired) electrons. The Morgan fingerprint density at radius 3 is 2.73 bits per heavy atom. The van der Waals surface area contributed by atoms with Crippen molar-refractivity contribution in [3.8, 4) is 0 Å². The molecule has 1 N–H and O–H groups in total. The van der Waals surface area contributed by atoms with Crippen LogP contribution in [0.2, 0.25) is 0 Å². The SMILES string of the molecule is Cc1ccccc1N1C[C@H](C(=O)Nc2nnc(CC(C)(C)C)s2)CC1=O. The molecule has 0 aliphatic carbocycles. The maximum Gasteiger partial charge on any atom is 0.231 e. The molecule has 1 aliphatic rings. The number of nitrogens with one attached hydrogen (secondary N) is 1. The number of aromatic nitrogens is 2. The Morgan fingerprint density at radius 1 is 1.31 bits per heavy atom. The highest BCUT2D eigenvalue weighted by Crippen LogP contribution is 2.29. The molecular formula is C19H24N4O2S. The van der Waals surface area contributed by atoms with Gasteiger partial charge in [-0.15, -0.1) is 10.2 Å². The number of rotatable bonds is 4. The lowest BCUT2D eigenvalue weighted by molar-refractivity contribution is -0.122. The van der Waals surface area contributed by atoms with E-state index in [9.17, 15) is 9.59 Å². The maximum atomic E-state index is 12.6. The zero-order valence-corrected chi connectivity index (χ0v) is 16.4. The summed E-state index contributed by atoms with van der Waals surface area (Å²) in [4.78, 5) is 26.6. The Hall–Kier alpha value is -2.28. The van der Waals surface area contributed by atoms with E-state index < -0.39 is 0 Å². The first-order valence-corrected chi connectivity index (χ1v) is 9.54. The largest absolute Gasteiger partial charge is 0.311 e. The van der Waals surface area contributed by atoms with Gasteiger partial charge in [0, 0.05) is 25.1 Å². The molecule has 26 heavy (non-hydrogen) atoms. The summed E-state index contributed by atoms with van der Waals surface area (Å²) >= 11 is 1.39. The summed E-state index contributed by atoms with van der Waals surface area (Å²) in [6.45, 7) is 8.77. The van der Waals surface area contributed by atoms with Gasteiger partial charge in [0.2, 0.25) is 16.9 Å². The first-order chi connectivity index (χ1) is 12.2. The fourth-order valence-corrected chi connectivity index (χ4v) is 4.06. The van der Waals surface area contributed by atoms with Gasteiger partial charge < -0.3 is 10.2 Å². The van der Waals surface area contributed by atoms with E-state index in [-0.39, 0.29) is 29.6 Å². The van der Waals surface area contributed by atoms with Crippen LogP contribution < -0.4 is 10.2 Å². The predicted molar refractivity (Wildman–Crippen MR) is 103 cm³/mol. The van der Waals surface area contributed by atoms with E-state index in [0.29, 0.717) is 11.7 Å². The molecule has 2 amide bonds. The molecule has 6 nitrogen and oxygen atoms in total.